The van der Waals surface area contributed by atoms with Crippen molar-refractivity contribution in [2.45, 2.75) is 63.5 Å². The summed E-state index contributed by atoms with van der Waals surface area (Å²) in [7, 11) is 0. The van der Waals surface area contributed by atoms with Crippen LogP contribution < -0.4 is 5.32 Å². The number of aliphatic hydroxyl groups is 1. The Bertz CT molecular complexity index is 160. The van der Waals surface area contributed by atoms with Crippen molar-refractivity contribution in [3.8, 4) is 0 Å². The summed E-state index contributed by atoms with van der Waals surface area (Å²) in [5.74, 6) is 0.807. The van der Waals surface area contributed by atoms with Crippen LogP contribution in [0.15, 0.2) is 0 Å². The maximum absolute atomic E-state index is 10.0. The van der Waals surface area contributed by atoms with Gasteiger partial charge in [-0.2, -0.15) is 0 Å². The molecule has 1 saturated carbocycles. The Balaban J connectivity index is 1.72. The highest BCUT2D eigenvalue weighted by atomic mass is 16.3. The summed E-state index contributed by atoms with van der Waals surface area (Å²) in [6, 6.07) is 0.400. The Labute approximate surface area is 87.1 Å². The summed E-state index contributed by atoms with van der Waals surface area (Å²) in [6.07, 6.45) is 10.3. The van der Waals surface area contributed by atoms with E-state index in [1.54, 1.807) is 0 Å². The van der Waals surface area contributed by atoms with Gasteiger partial charge < -0.3 is 10.4 Å². The average molecular weight is 197 g/mol. The minimum absolute atomic E-state index is 0.0828. The van der Waals surface area contributed by atoms with Crippen molar-refractivity contribution >= 4 is 0 Å². The fraction of sp³-hybridized carbons (Fsp3) is 1.00. The van der Waals surface area contributed by atoms with Gasteiger partial charge in [0.25, 0.3) is 0 Å². The fourth-order valence-electron chi connectivity index (χ4n) is 2.97. The third-order valence-electron chi connectivity index (χ3n) is 3.86. The van der Waals surface area contributed by atoms with Gasteiger partial charge >= 0.3 is 0 Å². The van der Waals surface area contributed by atoms with E-state index in [0.717, 1.165) is 18.9 Å². The van der Waals surface area contributed by atoms with Gasteiger partial charge in [0.15, 0.2) is 0 Å². The van der Waals surface area contributed by atoms with Gasteiger partial charge in [0, 0.05) is 6.04 Å². The molecule has 1 saturated heterocycles. The van der Waals surface area contributed by atoms with Crippen molar-refractivity contribution in [2.24, 2.45) is 5.92 Å². The smallest absolute Gasteiger partial charge is 0.0695 e. The lowest BCUT2D eigenvalue weighted by Gasteiger charge is -2.26. The van der Waals surface area contributed by atoms with E-state index < -0.39 is 0 Å². The van der Waals surface area contributed by atoms with Crippen LogP contribution in [0.2, 0.25) is 0 Å². The predicted molar refractivity (Wildman–Crippen MR) is 58.2 cm³/mol. The molecule has 0 radical (unpaired) electrons. The highest BCUT2D eigenvalue weighted by Gasteiger charge is 2.25. The third-order valence-corrected chi connectivity index (χ3v) is 3.86. The van der Waals surface area contributed by atoms with Gasteiger partial charge in [-0.1, -0.05) is 32.1 Å². The van der Waals surface area contributed by atoms with Gasteiger partial charge in [0.1, 0.15) is 0 Å². The molecule has 0 aromatic rings. The van der Waals surface area contributed by atoms with Gasteiger partial charge in [-0.05, 0) is 31.7 Å². The zero-order chi connectivity index (χ0) is 9.80. The Morgan fingerprint density at radius 2 is 1.86 bits per heavy atom. The van der Waals surface area contributed by atoms with Gasteiger partial charge in [-0.25, -0.2) is 0 Å². The van der Waals surface area contributed by atoms with Crippen molar-refractivity contribution in [3.05, 3.63) is 0 Å². The quantitative estimate of drug-likeness (QED) is 0.726. The van der Waals surface area contributed by atoms with E-state index in [2.05, 4.69) is 5.32 Å². The summed E-state index contributed by atoms with van der Waals surface area (Å²) in [6.45, 7) is 1.10. The van der Waals surface area contributed by atoms with Gasteiger partial charge in [0.05, 0.1) is 6.10 Å². The van der Waals surface area contributed by atoms with Crippen LogP contribution in [0.25, 0.3) is 0 Å². The summed E-state index contributed by atoms with van der Waals surface area (Å²) in [5.41, 5.74) is 0. The van der Waals surface area contributed by atoms with Crippen LogP contribution in [0.4, 0.5) is 0 Å². The van der Waals surface area contributed by atoms with E-state index >= 15 is 0 Å². The molecule has 1 heterocycles. The van der Waals surface area contributed by atoms with Gasteiger partial charge in [-0.15, -0.1) is 0 Å². The summed E-state index contributed by atoms with van der Waals surface area (Å²) < 4.78 is 0. The van der Waals surface area contributed by atoms with E-state index in [1.807, 2.05) is 0 Å². The first-order valence-electron chi connectivity index (χ1n) is 6.28. The number of nitrogens with one attached hydrogen (secondary N) is 1. The second-order valence-electron chi connectivity index (χ2n) is 5.01. The molecule has 0 amide bonds. The Morgan fingerprint density at radius 1 is 1.07 bits per heavy atom. The van der Waals surface area contributed by atoms with Crippen molar-refractivity contribution in [2.75, 3.05) is 6.54 Å². The zero-order valence-corrected chi connectivity index (χ0v) is 9.04. The Morgan fingerprint density at radius 3 is 2.50 bits per heavy atom. The molecule has 2 fully saturated rings. The molecule has 2 N–H and O–H groups in total. The van der Waals surface area contributed by atoms with Crippen molar-refractivity contribution in [3.63, 3.8) is 0 Å². The van der Waals surface area contributed by atoms with Crippen LogP contribution in [0.3, 0.4) is 0 Å². The number of aliphatic hydroxyl groups excluding tert-OH is 1. The second-order valence-corrected chi connectivity index (χ2v) is 5.01. The van der Waals surface area contributed by atoms with E-state index in [-0.39, 0.29) is 6.10 Å². The minimum atomic E-state index is -0.0828. The topological polar surface area (TPSA) is 32.3 Å². The van der Waals surface area contributed by atoms with Crippen molar-refractivity contribution in [1.29, 1.82) is 0 Å². The predicted octanol–water partition coefficient (Wildman–Crippen LogP) is 2.07. The van der Waals surface area contributed by atoms with Crippen LogP contribution in [0, 0.1) is 5.92 Å². The van der Waals surface area contributed by atoms with Gasteiger partial charge in [-0.3, -0.25) is 0 Å². The normalized spacial score (nSPS) is 31.9. The van der Waals surface area contributed by atoms with Crippen LogP contribution in [0.5, 0.6) is 0 Å². The number of hydrogen-bond acceptors (Lipinski definition) is 2. The third kappa shape index (κ3) is 2.71. The Hall–Kier alpha value is -0.0800. The lowest BCUT2D eigenvalue weighted by atomic mass is 9.84. The summed E-state index contributed by atoms with van der Waals surface area (Å²) in [5, 5.41) is 13.4. The molecule has 0 bridgehead atoms. The monoisotopic (exact) mass is 197 g/mol. The molecule has 0 spiro atoms. The van der Waals surface area contributed by atoms with Crippen LogP contribution in [0.1, 0.15) is 51.4 Å². The molecule has 2 unspecified atom stereocenters. The first kappa shape index (κ1) is 10.4. The van der Waals surface area contributed by atoms with Crippen LogP contribution >= 0.6 is 0 Å². The van der Waals surface area contributed by atoms with E-state index in [1.165, 1.54) is 44.9 Å². The summed E-state index contributed by atoms with van der Waals surface area (Å²) >= 11 is 0. The first-order chi connectivity index (χ1) is 6.86. The highest BCUT2D eigenvalue weighted by molar-refractivity contribution is 4.83. The van der Waals surface area contributed by atoms with Crippen molar-refractivity contribution in [1.82, 2.24) is 5.32 Å². The molecule has 14 heavy (non-hydrogen) atoms. The molecule has 82 valence electrons. The molecule has 2 heteroatoms. The van der Waals surface area contributed by atoms with Crippen LogP contribution in [-0.2, 0) is 0 Å². The minimum Gasteiger partial charge on any atom is -0.391 e. The first-order valence-corrected chi connectivity index (χ1v) is 6.28. The molecule has 2 rings (SSSR count). The maximum Gasteiger partial charge on any atom is 0.0695 e. The summed E-state index contributed by atoms with van der Waals surface area (Å²) in [4.78, 5) is 0. The molecule has 1 aliphatic heterocycles. The highest BCUT2D eigenvalue weighted by Crippen LogP contribution is 2.28. The molecule has 0 aromatic heterocycles. The molecular weight excluding hydrogens is 174 g/mol. The molecular formula is C12H23NO. The van der Waals surface area contributed by atoms with Gasteiger partial charge in [0.2, 0.25) is 0 Å². The molecule has 0 aromatic carbocycles. The largest absolute Gasteiger partial charge is 0.391 e. The fourth-order valence-corrected chi connectivity index (χ4v) is 2.97. The molecule has 2 aliphatic rings. The average Bonchev–Trinajstić information content (AvgIpc) is 2.72. The SMILES string of the molecule is OC(CC1CCCCC1)C1CCCN1. The van der Waals surface area contributed by atoms with Crippen LogP contribution in [-0.4, -0.2) is 23.8 Å². The zero-order valence-electron chi connectivity index (χ0n) is 9.04. The Kier molecular flexibility index (Phi) is 3.82. The molecule has 2 atom stereocenters. The number of rotatable bonds is 3. The molecule has 2 nitrogen and oxygen atoms in total. The van der Waals surface area contributed by atoms with Crippen molar-refractivity contribution < 1.29 is 5.11 Å². The standard InChI is InChI=1S/C12H23NO/c14-12(11-7-4-8-13-11)9-10-5-2-1-3-6-10/h10-14H,1-9H2. The lowest BCUT2D eigenvalue weighted by Crippen LogP contribution is -2.36. The van der Waals surface area contributed by atoms with E-state index in [4.69, 9.17) is 0 Å². The van der Waals surface area contributed by atoms with E-state index in [9.17, 15) is 5.11 Å². The molecule has 1 aliphatic carbocycles. The maximum atomic E-state index is 10.0. The number of hydrogen-bond donors (Lipinski definition) is 2. The second kappa shape index (κ2) is 5.13. The van der Waals surface area contributed by atoms with E-state index in [0.29, 0.717) is 6.04 Å². The lowest BCUT2D eigenvalue weighted by molar-refractivity contribution is 0.0982.